The van der Waals surface area contributed by atoms with Crippen molar-refractivity contribution >= 4 is 28.1 Å². The average molecular weight is 352 g/mol. The molecule has 0 saturated carbocycles. The highest BCUT2D eigenvalue weighted by molar-refractivity contribution is 7.15. The molecule has 2 aliphatic heterocycles. The predicted molar refractivity (Wildman–Crippen MR) is 100 cm³/mol. The van der Waals surface area contributed by atoms with Crippen LogP contribution >= 0.6 is 11.3 Å². The number of H-pyrrole nitrogens is 1. The molecule has 0 aliphatic carbocycles. The average Bonchev–Trinajstić information content (AvgIpc) is 3.35. The molecule has 25 heavy (non-hydrogen) atoms. The number of benzene rings is 1. The lowest BCUT2D eigenvalue weighted by Gasteiger charge is -2.31. The number of hydrogen-bond donors (Lipinski definition) is 1. The van der Waals surface area contributed by atoms with Crippen molar-refractivity contribution in [3.63, 3.8) is 0 Å². The molecule has 2 aliphatic rings. The summed E-state index contributed by atoms with van der Waals surface area (Å²) in [5, 5.41) is 8.33. The number of thiophene rings is 1. The zero-order valence-electron chi connectivity index (χ0n) is 14.3. The number of amides is 1. The Bertz CT molecular complexity index is 973. The molecule has 2 bridgehead atoms. The van der Waals surface area contributed by atoms with Crippen LogP contribution in [0.5, 0.6) is 0 Å². The zero-order valence-corrected chi connectivity index (χ0v) is 15.1. The Morgan fingerprint density at radius 1 is 1.24 bits per heavy atom. The van der Waals surface area contributed by atoms with Gasteiger partial charge in [-0.15, -0.1) is 11.3 Å². The monoisotopic (exact) mass is 352 g/mol. The Labute approximate surface area is 150 Å². The Morgan fingerprint density at radius 3 is 2.80 bits per heavy atom. The highest BCUT2D eigenvalue weighted by Gasteiger charge is 2.44. The third-order valence-electron chi connectivity index (χ3n) is 5.57. The van der Waals surface area contributed by atoms with Crippen molar-refractivity contribution in [2.24, 2.45) is 0 Å². The normalized spacial score (nSPS) is 23.0. The minimum Gasteiger partial charge on any atom is -0.331 e. The molecule has 3 aromatic rings. The zero-order chi connectivity index (χ0) is 17.1. The summed E-state index contributed by atoms with van der Waals surface area (Å²) >= 11 is 1.78. The number of aryl methyl sites for hydroxylation is 1. The summed E-state index contributed by atoms with van der Waals surface area (Å²) in [4.78, 5) is 19.9. The first-order valence-corrected chi connectivity index (χ1v) is 9.48. The second-order valence-electron chi connectivity index (χ2n) is 7.18. The lowest BCUT2D eigenvalue weighted by atomic mass is 10.1. The van der Waals surface area contributed by atoms with Crippen LogP contribution in [0.4, 0.5) is 0 Å². The lowest BCUT2D eigenvalue weighted by Crippen LogP contribution is -2.47. The second-order valence-corrected chi connectivity index (χ2v) is 8.47. The molecular weight excluding hydrogens is 332 g/mol. The van der Waals surface area contributed by atoms with Crippen molar-refractivity contribution in [2.75, 3.05) is 20.1 Å². The third kappa shape index (κ3) is 2.32. The van der Waals surface area contributed by atoms with E-state index >= 15 is 0 Å². The van der Waals surface area contributed by atoms with E-state index in [0.717, 1.165) is 36.0 Å². The molecule has 6 heteroatoms. The number of aromatic amines is 1. The highest BCUT2D eigenvalue weighted by atomic mass is 32.1. The summed E-state index contributed by atoms with van der Waals surface area (Å²) < 4.78 is 0. The minimum absolute atomic E-state index is 0.0616. The van der Waals surface area contributed by atoms with Crippen LogP contribution in [-0.2, 0) is 0 Å². The number of likely N-dealkylation sites (tertiary alicyclic amines) is 2. The number of likely N-dealkylation sites (N-methyl/N-ethyl adjacent to an activating group) is 1. The van der Waals surface area contributed by atoms with Crippen molar-refractivity contribution in [2.45, 2.75) is 25.4 Å². The predicted octanol–water partition coefficient (Wildman–Crippen LogP) is 3.13. The van der Waals surface area contributed by atoms with Crippen LogP contribution in [0.1, 0.15) is 21.8 Å². The summed E-state index contributed by atoms with van der Waals surface area (Å²) in [6.07, 6.45) is 1.09. The molecule has 5 nitrogen and oxygen atoms in total. The SMILES string of the molecule is Cc1ccc(-c2ccc3c(C(=O)N4CC5CC4CN5C)n[nH]c3c2)s1. The van der Waals surface area contributed by atoms with Gasteiger partial charge in [-0.1, -0.05) is 6.07 Å². The molecule has 2 saturated heterocycles. The standard InChI is InChI=1S/C19H20N4OS/c1-11-3-6-17(25-11)12-4-5-15-16(7-12)20-21-18(15)19(24)23-10-13-8-14(23)9-22(13)2/h3-7,13-14H,8-10H2,1-2H3,(H,20,21). The van der Waals surface area contributed by atoms with Gasteiger partial charge in [-0.2, -0.15) is 5.10 Å². The number of fused-ring (bicyclic) bond motifs is 3. The van der Waals surface area contributed by atoms with E-state index < -0.39 is 0 Å². The molecule has 5 rings (SSSR count). The maximum Gasteiger partial charge on any atom is 0.275 e. The van der Waals surface area contributed by atoms with Crippen LogP contribution in [0.25, 0.3) is 21.3 Å². The van der Waals surface area contributed by atoms with E-state index in [0.29, 0.717) is 17.8 Å². The van der Waals surface area contributed by atoms with Gasteiger partial charge in [0, 0.05) is 40.3 Å². The first-order valence-electron chi connectivity index (χ1n) is 8.66. The molecule has 0 spiro atoms. The minimum atomic E-state index is 0.0616. The molecule has 0 radical (unpaired) electrons. The molecule has 128 valence electrons. The molecule has 2 fully saturated rings. The Kier molecular flexibility index (Phi) is 3.27. The number of carbonyl (C=O) groups is 1. The van der Waals surface area contributed by atoms with Crippen LogP contribution < -0.4 is 0 Å². The summed E-state index contributed by atoms with van der Waals surface area (Å²) in [5.41, 5.74) is 2.64. The van der Waals surface area contributed by atoms with E-state index in [1.54, 1.807) is 11.3 Å². The molecule has 1 N–H and O–H groups in total. The van der Waals surface area contributed by atoms with E-state index in [-0.39, 0.29) is 5.91 Å². The molecule has 1 aromatic carbocycles. The van der Waals surface area contributed by atoms with Crippen molar-refractivity contribution in [3.05, 3.63) is 40.9 Å². The molecule has 2 aromatic heterocycles. The summed E-state index contributed by atoms with van der Waals surface area (Å²) in [5.74, 6) is 0.0616. The van der Waals surface area contributed by atoms with E-state index in [2.05, 4.69) is 53.3 Å². The van der Waals surface area contributed by atoms with Gasteiger partial charge in [0.25, 0.3) is 5.91 Å². The number of hydrogen-bond acceptors (Lipinski definition) is 4. The smallest absolute Gasteiger partial charge is 0.275 e. The van der Waals surface area contributed by atoms with Gasteiger partial charge >= 0.3 is 0 Å². The van der Waals surface area contributed by atoms with Gasteiger partial charge in [0.15, 0.2) is 5.69 Å². The van der Waals surface area contributed by atoms with Gasteiger partial charge in [0.1, 0.15) is 0 Å². The number of rotatable bonds is 2. The van der Waals surface area contributed by atoms with Gasteiger partial charge in [-0.25, -0.2) is 0 Å². The topological polar surface area (TPSA) is 52.2 Å². The largest absolute Gasteiger partial charge is 0.331 e. The quantitative estimate of drug-likeness (QED) is 0.771. The van der Waals surface area contributed by atoms with Crippen LogP contribution in [0.15, 0.2) is 30.3 Å². The van der Waals surface area contributed by atoms with Gasteiger partial charge in [-0.05, 0) is 50.2 Å². The Morgan fingerprint density at radius 2 is 2.12 bits per heavy atom. The number of aromatic nitrogens is 2. The first kappa shape index (κ1) is 15.1. The fraction of sp³-hybridized carbons (Fsp3) is 0.368. The molecule has 2 unspecified atom stereocenters. The molecule has 2 atom stereocenters. The maximum absolute atomic E-state index is 13.0. The molecular formula is C19H20N4OS. The van der Waals surface area contributed by atoms with Crippen molar-refractivity contribution in [3.8, 4) is 10.4 Å². The van der Waals surface area contributed by atoms with Gasteiger partial charge in [0.2, 0.25) is 0 Å². The second kappa shape index (κ2) is 5.41. The van der Waals surface area contributed by atoms with E-state index in [4.69, 9.17) is 0 Å². The van der Waals surface area contributed by atoms with Crippen LogP contribution in [-0.4, -0.2) is 58.1 Å². The van der Waals surface area contributed by atoms with Crippen molar-refractivity contribution in [1.82, 2.24) is 20.0 Å². The van der Waals surface area contributed by atoms with Crippen LogP contribution in [0.2, 0.25) is 0 Å². The number of nitrogens with zero attached hydrogens (tertiary/aromatic N) is 3. The lowest BCUT2D eigenvalue weighted by molar-refractivity contribution is 0.0646. The Hall–Kier alpha value is -2.18. The van der Waals surface area contributed by atoms with E-state index in [1.807, 2.05) is 11.0 Å². The highest BCUT2D eigenvalue weighted by Crippen LogP contribution is 2.33. The van der Waals surface area contributed by atoms with Crippen molar-refractivity contribution in [1.29, 1.82) is 0 Å². The van der Waals surface area contributed by atoms with Gasteiger partial charge < -0.3 is 4.90 Å². The fourth-order valence-corrected chi connectivity index (χ4v) is 5.04. The van der Waals surface area contributed by atoms with Crippen molar-refractivity contribution < 1.29 is 4.79 Å². The molecule has 4 heterocycles. The van der Waals surface area contributed by atoms with Gasteiger partial charge in [0.05, 0.1) is 5.52 Å². The fourth-order valence-electron chi connectivity index (χ4n) is 4.18. The van der Waals surface area contributed by atoms with E-state index in [9.17, 15) is 4.79 Å². The van der Waals surface area contributed by atoms with Crippen LogP contribution in [0, 0.1) is 6.92 Å². The Balaban J connectivity index is 1.47. The number of carbonyl (C=O) groups excluding carboxylic acids is 1. The van der Waals surface area contributed by atoms with E-state index in [1.165, 1.54) is 9.75 Å². The maximum atomic E-state index is 13.0. The third-order valence-corrected chi connectivity index (χ3v) is 6.62. The van der Waals surface area contributed by atoms with Gasteiger partial charge in [-0.3, -0.25) is 14.8 Å². The first-order chi connectivity index (χ1) is 12.1. The summed E-state index contributed by atoms with van der Waals surface area (Å²) in [7, 11) is 2.14. The summed E-state index contributed by atoms with van der Waals surface area (Å²) in [6.45, 7) is 3.91. The number of piperazine rings is 1. The number of nitrogens with one attached hydrogen (secondary N) is 1. The summed E-state index contributed by atoms with van der Waals surface area (Å²) in [6, 6.07) is 11.3. The molecule has 1 amide bonds. The van der Waals surface area contributed by atoms with Crippen LogP contribution in [0.3, 0.4) is 0 Å².